The van der Waals surface area contributed by atoms with E-state index in [-0.39, 0.29) is 5.91 Å². The Morgan fingerprint density at radius 3 is 2.33 bits per heavy atom. The van der Waals surface area contributed by atoms with Crippen molar-refractivity contribution >= 4 is 11.6 Å². The van der Waals surface area contributed by atoms with Crippen LogP contribution >= 0.6 is 0 Å². The van der Waals surface area contributed by atoms with Crippen molar-refractivity contribution in [3.63, 3.8) is 0 Å². The standard InChI is InChI=1S/C21H26N2O/c1-16-12-17(2)14-23(13-16)15-21(24)22-20-11-7-6-10-19(20)18-8-4-3-5-9-18/h3-11,16-17H,12-15H2,1-2H3,(H,22,24)/t16-,17-/m0/s1. The van der Waals surface area contributed by atoms with E-state index in [0.29, 0.717) is 18.4 Å². The Hall–Kier alpha value is -2.13. The summed E-state index contributed by atoms with van der Waals surface area (Å²) in [5.41, 5.74) is 3.06. The van der Waals surface area contributed by atoms with Gasteiger partial charge in [0, 0.05) is 24.3 Å². The molecule has 3 rings (SSSR count). The Kier molecular flexibility index (Phi) is 5.31. The first-order valence-electron chi connectivity index (χ1n) is 8.78. The molecule has 0 aromatic heterocycles. The molecule has 0 saturated carbocycles. The average molecular weight is 322 g/mol. The van der Waals surface area contributed by atoms with Crippen LogP contribution in [-0.4, -0.2) is 30.4 Å². The van der Waals surface area contributed by atoms with E-state index < -0.39 is 0 Å². The van der Waals surface area contributed by atoms with Crippen LogP contribution in [-0.2, 0) is 4.79 Å². The molecule has 3 heteroatoms. The number of amides is 1. The maximum absolute atomic E-state index is 12.5. The Labute approximate surface area is 144 Å². The Bertz CT molecular complexity index is 673. The van der Waals surface area contributed by atoms with Gasteiger partial charge in [-0.15, -0.1) is 0 Å². The number of para-hydroxylation sites is 1. The second-order valence-corrected chi connectivity index (χ2v) is 7.10. The lowest BCUT2D eigenvalue weighted by Gasteiger charge is -2.34. The number of carbonyl (C=O) groups is 1. The average Bonchev–Trinajstić information content (AvgIpc) is 2.55. The number of nitrogens with zero attached hydrogens (tertiary/aromatic N) is 1. The molecule has 1 aliphatic heterocycles. The topological polar surface area (TPSA) is 32.3 Å². The van der Waals surface area contributed by atoms with Gasteiger partial charge in [-0.1, -0.05) is 62.4 Å². The van der Waals surface area contributed by atoms with Crippen LogP contribution in [0.1, 0.15) is 20.3 Å². The molecule has 3 nitrogen and oxygen atoms in total. The molecular weight excluding hydrogens is 296 g/mol. The number of hydrogen-bond acceptors (Lipinski definition) is 2. The SMILES string of the molecule is C[C@H]1C[C@H](C)CN(CC(=O)Nc2ccccc2-c2ccccc2)C1. The number of benzene rings is 2. The highest BCUT2D eigenvalue weighted by Crippen LogP contribution is 2.27. The minimum absolute atomic E-state index is 0.0691. The van der Waals surface area contributed by atoms with Gasteiger partial charge in [0.1, 0.15) is 0 Å². The Balaban J connectivity index is 1.69. The Morgan fingerprint density at radius 2 is 1.62 bits per heavy atom. The molecule has 1 amide bonds. The van der Waals surface area contributed by atoms with Crippen molar-refractivity contribution in [3.05, 3.63) is 54.6 Å². The van der Waals surface area contributed by atoms with E-state index in [9.17, 15) is 4.79 Å². The first-order chi connectivity index (χ1) is 11.6. The molecule has 1 fully saturated rings. The second kappa shape index (κ2) is 7.63. The third-order valence-electron chi connectivity index (χ3n) is 4.60. The molecule has 0 radical (unpaired) electrons. The van der Waals surface area contributed by atoms with Crippen molar-refractivity contribution in [2.75, 3.05) is 25.0 Å². The number of hydrogen-bond donors (Lipinski definition) is 1. The van der Waals surface area contributed by atoms with E-state index >= 15 is 0 Å². The molecule has 24 heavy (non-hydrogen) atoms. The van der Waals surface area contributed by atoms with Crippen molar-refractivity contribution in [1.82, 2.24) is 4.90 Å². The first-order valence-corrected chi connectivity index (χ1v) is 8.78. The number of carbonyl (C=O) groups excluding carboxylic acids is 1. The van der Waals surface area contributed by atoms with Gasteiger partial charge >= 0.3 is 0 Å². The van der Waals surface area contributed by atoms with Gasteiger partial charge in [-0.2, -0.15) is 0 Å². The molecule has 1 saturated heterocycles. The monoisotopic (exact) mass is 322 g/mol. The summed E-state index contributed by atoms with van der Waals surface area (Å²) in [6.45, 7) is 7.03. The first kappa shape index (κ1) is 16.7. The summed E-state index contributed by atoms with van der Waals surface area (Å²) < 4.78 is 0. The maximum Gasteiger partial charge on any atom is 0.238 e. The lowest BCUT2D eigenvalue weighted by molar-refractivity contribution is -0.117. The molecule has 1 aliphatic rings. The van der Waals surface area contributed by atoms with Gasteiger partial charge in [0.2, 0.25) is 5.91 Å². The van der Waals surface area contributed by atoms with Crippen LogP contribution in [0.25, 0.3) is 11.1 Å². The van der Waals surface area contributed by atoms with Gasteiger partial charge in [-0.3, -0.25) is 9.69 Å². The predicted octanol–water partition coefficient (Wildman–Crippen LogP) is 4.27. The normalized spacial score (nSPS) is 21.4. The fourth-order valence-corrected chi connectivity index (χ4v) is 3.78. The number of rotatable bonds is 4. The van der Waals surface area contributed by atoms with Crippen LogP contribution in [0.3, 0.4) is 0 Å². The minimum Gasteiger partial charge on any atom is -0.324 e. The molecule has 2 aromatic carbocycles. The highest BCUT2D eigenvalue weighted by molar-refractivity contribution is 5.96. The number of likely N-dealkylation sites (tertiary alicyclic amines) is 1. The summed E-state index contributed by atoms with van der Waals surface area (Å²) in [6.07, 6.45) is 1.26. The third-order valence-corrected chi connectivity index (χ3v) is 4.60. The van der Waals surface area contributed by atoms with E-state index in [4.69, 9.17) is 0 Å². The van der Waals surface area contributed by atoms with E-state index in [0.717, 1.165) is 29.9 Å². The van der Waals surface area contributed by atoms with Gasteiger partial charge in [0.25, 0.3) is 0 Å². The van der Waals surface area contributed by atoms with Gasteiger partial charge < -0.3 is 5.32 Å². The van der Waals surface area contributed by atoms with Crippen molar-refractivity contribution in [2.45, 2.75) is 20.3 Å². The fourth-order valence-electron chi connectivity index (χ4n) is 3.78. The second-order valence-electron chi connectivity index (χ2n) is 7.10. The van der Waals surface area contributed by atoms with Crippen LogP contribution in [0.15, 0.2) is 54.6 Å². The molecule has 1 heterocycles. The molecule has 0 spiro atoms. The number of piperidine rings is 1. The number of anilines is 1. The molecule has 0 aliphatic carbocycles. The molecular formula is C21H26N2O. The molecule has 1 N–H and O–H groups in total. The molecule has 2 aromatic rings. The zero-order valence-electron chi connectivity index (χ0n) is 14.5. The largest absolute Gasteiger partial charge is 0.324 e. The molecule has 0 unspecified atom stereocenters. The fraction of sp³-hybridized carbons (Fsp3) is 0.381. The minimum atomic E-state index is 0.0691. The lowest BCUT2D eigenvalue weighted by atomic mass is 9.92. The number of nitrogens with one attached hydrogen (secondary N) is 1. The van der Waals surface area contributed by atoms with Crippen molar-refractivity contribution in [3.8, 4) is 11.1 Å². The zero-order valence-corrected chi connectivity index (χ0v) is 14.5. The smallest absolute Gasteiger partial charge is 0.238 e. The highest BCUT2D eigenvalue weighted by atomic mass is 16.2. The van der Waals surface area contributed by atoms with Crippen LogP contribution in [0, 0.1) is 11.8 Å². The zero-order chi connectivity index (χ0) is 16.9. The summed E-state index contributed by atoms with van der Waals surface area (Å²) in [5, 5.41) is 3.11. The van der Waals surface area contributed by atoms with Gasteiger partial charge in [0.05, 0.1) is 6.54 Å². The summed E-state index contributed by atoms with van der Waals surface area (Å²) in [4.78, 5) is 14.8. The van der Waals surface area contributed by atoms with E-state index in [1.807, 2.05) is 36.4 Å². The van der Waals surface area contributed by atoms with Crippen LogP contribution in [0.2, 0.25) is 0 Å². The Morgan fingerprint density at radius 1 is 1.00 bits per heavy atom. The van der Waals surface area contributed by atoms with Crippen LogP contribution in [0.4, 0.5) is 5.69 Å². The van der Waals surface area contributed by atoms with Crippen molar-refractivity contribution in [2.24, 2.45) is 11.8 Å². The van der Waals surface area contributed by atoms with Crippen LogP contribution in [0.5, 0.6) is 0 Å². The molecule has 0 bridgehead atoms. The highest BCUT2D eigenvalue weighted by Gasteiger charge is 2.23. The van der Waals surface area contributed by atoms with Gasteiger partial charge in [-0.25, -0.2) is 0 Å². The van der Waals surface area contributed by atoms with Gasteiger partial charge in [-0.05, 0) is 29.9 Å². The van der Waals surface area contributed by atoms with Crippen LogP contribution < -0.4 is 5.32 Å². The van der Waals surface area contributed by atoms with Gasteiger partial charge in [0.15, 0.2) is 0 Å². The predicted molar refractivity (Wildman–Crippen MR) is 99.9 cm³/mol. The molecule has 126 valence electrons. The maximum atomic E-state index is 12.5. The summed E-state index contributed by atoms with van der Waals surface area (Å²) >= 11 is 0. The van der Waals surface area contributed by atoms with Crippen molar-refractivity contribution < 1.29 is 4.79 Å². The molecule has 2 atom stereocenters. The van der Waals surface area contributed by atoms with E-state index in [1.165, 1.54) is 6.42 Å². The van der Waals surface area contributed by atoms with E-state index in [2.05, 4.69) is 42.3 Å². The lowest BCUT2D eigenvalue weighted by Crippen LogP contribution is -2.42. The summed E-state index contributed by atoms with van der Waals surface area (Å²) in [6, 6.07) is 18.2. The van der Waals surface area contributed by atoms with E-state index in [1.54, 1.807) is 0 Å². The quantitative estimate of drug-likeness (QED) is 0.911. The summed E-state index contributed by atoms with van der Waals surface area (Å²) in [7, 11) is 0. The third kappa shape index (κ3) is 4.24. The van der Waals surface area contributed by atoms with Crippen molar-refractivity contribution in [1.29, 1.82) is 0 Å². The summed E-state index contributed by atoms with van der Waals surface area (Å²) in [5.74, 6) is 1.40.